The van der Waals surface area contributed by atoms with Crippen molar-refractivity contribution in [2.75, 3.05) is 11.9 Å². The normalized spacial score (nSPS) is 18.4. The third kappa shape index (κ3) is 3.65. The summed E-state index contributed by atoms with van der Waals surface area (Å²) in [5, 5.41) is 0. The van der Waals surface area contributed by atoms with Gasteiger partial charge in [0, 0.05) is 18.2 Å². The minimum Gasteiger partial charge on any atom is -0.429 e. The Morgan fingerprint density at radius 2 is 1.67 bits per heavy atom. The lowest BCUT2D eigenvalue weighted by Gasteiger charge is -2.25. The van der Waals surface area contributed by atoms with Crippen molar-refractivity contribution in [3.05, 3.63) is 65.7 Å². The monoisotopic (exact) mass is 363 g/mol. The van der Waals surface area contributed by atoms with Crippen LogP contribution in [0.15, 0.2) is 54.6 Å². The lowest BCUT2D eigenvalue weighted by molar-refractivity contribution is -0.134. The van der Waals surface area contributed by atoms with Crippen molar-refractivity contribution in [3.63, 3.8) is 0 Å². The summed E-state index contributed by atoms with van der Waals surface area (Å²) in [5.74, 6) is 5.42. The van der Waals surface area contributed by atoms with Gasteiger partial charge in [-0.15, -0.1) is 0 Å². The molecule has 0 fully saturated rings. The summed E-state index contributed by atoms with van der Waals surface area (Å²) in [6.07, 6.45) is -0.941. The third-order valence-electron chi connectivity index (χ3n) is 4.03. The van der Waals surface area contributed by atoms with Gasteiger partial charge in [-0.3, -0.25) is 4.79 Å². The van der Waals surface area contributed by atoms with E-state index in [9.17, 15) is 9.59 Å². The van der Waals surface area contributed by atoms with Gasteiger partial charge in [-0.1, -0.05) is 42.3 Å². The molecule has 0 N–H and O–H groups in total. The summed E-state index contributed by atoms with van der Waals surface area (Å²) in [7, 11) is 1.63. The quantitative estimate of drug-likeness (QED) is 0.570. The van der Waals surface area contributed by atoms with Crippen molar-refractivity contribution < 1.29 is 19.1 Å². The average Bonchev–Trinajstić information content (AvgIpc) is 2.82. The van der Waals surface area contributed by atoms with E-state index in [2.05, 4.69) is 11.8 Å². The van der Waals surface area contributed by atoms with Crippen molar-refractivity contribution in [1.82, 2.24) is 0 Å². The number of benzene rings is 2. The molecule has 0 bridgehead atoms. The molecule has 2 aromatic rings. The molecule has 27 heavy (non-hydrogen) atoms. The molecule has 0 spiro atoms. The Hall–Kier alpha value is -3.26. The summed E-state index contributed by atoms with van der Waals surface area (Å²) >= 11 is 0. The van der Waals surface area contributed by atoms with Crippen LogP contribution in [-0.4, -0.2) is 24.7 Å². The summed E-state index contributed by atoms with van der Waals surface area (Å²) < 4.78 is 10.9. The molecule has 1 aliphatic heterocycles. The Balaban J connectivity index is 2.09. The van der Waals surface area contributed by atoms with Crippen LogP contribution in [-0.2, 0) is 19.9 Å². The van der Waals surface area contributed by atoms with Gasteiger partial charge in [0.25, 0.3) is 11.5 Å². The Bertz CT molecular complexity index is 934. The van der Waals surface area contributed by atoms with Crippen LogP contribution in [0.2, 0.25) is 0 Å². The summed E-state index contributed by atoms with van der Waals surface area (Å²) in [6.45, 7) is 5.19. The summed E-state index contributed by atoms with van der Waals surface area (Å²) in [6, 6.07) is 16.3. The smallest absolute Gasteiger partial charge is 0.429 e. The standard InChI is InChI=1S/C22H21NO4/c1-21(2,3)26-20(25)27-22(15-14-16-10-6-5-7-11-16)17-12-8-9-13-18(17)23(4)19(22)24/h5-13H,1-4H3. The van der Waals surface area contributed by atoms with Gasteiger partial charge >= 0.3 is 6.16 Å². The summed E-state index contributed by atoms with van der Waals surface area (Å²) in [5.41, 5.74) is -0.619. The number of carbonyl (C=O) groups excluding carboxylic acids is 2. The van der Waals surface area contributed by atoms with E-state index in [0.717, 1.165) is 0 Å². The highest BCUT2D eigenvalue weighted by Gasteiger charge is 2.53. The maximum Gasteiger partial charge on any atom is 0.511 e. The van der Waals surface area contributed by atoms with Crippen molar-refractivity contribution >= 4 is 17.7 Å². The number of anilines is 1. The maximum atomic E-state index is 13.1. The molecule has 5 nitrogen and oxygen atoms in total. The molecule has 1 aliphatic rings. The molecule has 2 aromatic carbocycles. The molecule has 0 aromatic heterocycles. The Morgan fingerprint density at radius 1 is 1.04 bits per heavy atom. The number of para-hydroxylation sites is 1. The van der Waals surface area contributed by atoms with Crippen molar-refractivity contribution in [1.29, 1.82) is 0 Å². The van der Waals surface area contributed by atoms with Crippen LogP contribution in [0.1, 0.15) is 31.9 Å². The lowest BCUT2D eigenvalue weighted by Crippen LogP contribution is -2.42. The number of hydrogen-bond donors (Lipinski definition) is 0. The zero-order chi connectivity index (χ0) is 19.7. The molecule has 138 valence electrons. The second-order valence-corrected chi connectivity index (χ2v) is 7.25. The maximum absolute atomic E-state index is 13.1. The first kappa shape index (κ1) is 18.5. The fraction of sp³-hybridized carbons (Fsp3) is 0.273. The van der Waals surface area contributed by atoms with Crippen LogP contribution < -0.4 is 4.90 Å². The van der Waals surface area contributed by atoms with E-state index in [4.69, 9.17) is 9.47 Å². The number of carbonyl (C=O) groups is 2. The van der Waals surface area contributed by atoms with Crippen LogP contribution in [0.5, 0.6) is 0 Å². The second-order valence-electron chi connectivity index (χ2n) is 7.25. The van der Waals surface area contributed by atoms with E-state index in [-0.39, 0.29) is 0 Å². The fourth-order valence-electron chi connectivity index (χ4n) is 2.85. The van der Waals surface area contributed by atoms with E-state index < -0.39 is 23.3 Å². The van der Waals surface area contributed by atoms with Gasteiger partial charge in [-0.25, -0.2) is 4.79 Å². The number of fused-ring (bicyclic) bond motifs is 1. The molecule has 1 amide bonds. The number of nitrogens with zero attached hydrogens (tertiary/aromatic N) is 1. The molecule has 0 saturated carbocycles. The molecule has 1 unspecified atom stereocenters. The topological polar surface area (TPSA) is 55.8 Å². The highest BCUT2D eigenvalue weighted by atomic mass is 16.7. The molecular weight excluding hydrogens is 342 g/mol. The zero-order valence-corrected chi connectivity index (χ0v) is 15.8. The van der Waals surface area contributed by atoms with E-state index >= 15 is 0 Å². The molecule has 0 saturated heterocycles. The average molecular weight is 363 g/mol. The predicted octanol–water partition coefficient (Wildman–Crippen LogP) is 3.86. The first-order valence-electron chi connectivity index (χ1n) is 8.61. The number of hydrogen-bond acceptors (Lipinski definition) is 4. The van der Waals surface area contributed by atoms with Crippen molar-refractivity contribution in [2.24, 2.45) is 0 Å². The SMILES string of the molecule is CN1C(=O)C(C#Cc2ccccc2)(OC(=O)OC(C)(C)C)c2ccccc21. The van der Waals surface area contributed by atoms with Crippen molar-refractivity contribution in [3.8, 4) is 11.8 Å². The second kappa shape index (κ2) is 6.81. The van der Waals surface area contributed by atoms with Crippen LogP contribution >= 0.6 is 0 Å². The number of ether oxygens (including phenoxy) is 2. The zero-order valence-electron chi connectivity index (χ0n) is 15.8. The van der Waals surface area contributed by atoms with E-state index in [1.54, 1.807) is 46.0 Å². The number of amides is 1. The number of likely N-dealkylation sites (N-methyl/N-ethyl adjacent to an activating group) is 1. The molecular formula is C22H21NO4. The van der Waals surface area contributed by atoms with Crippen molar-refractivity contribution in [2.45, 2.75) is 32.0 Å². The summed E-state index contributed by atoms with van der Waals surface area (Å²) in [4.78, 5) is 27.0. The molecule has 3 rings (SSSR count). The van der Waals surface area contributed by atoms with E-state index in [0.29, 0.717) is 16.8 Å². The molecule has 5 heteroatoms. The first-order valence-corrected chi connectivity index (χ1v) is 8.61. The van der Waals surface area contributed by atoms with E-state index in [1.165, 1.54) is 4.90 Å². The Morgan fingerprint density at radius 3 is 2.33 bits per heavy atom. The molecule has 1 heterocycles. The minimum atomic E-state index is -1.75. The molecule has 0 radical (unpaired) electrons. The highest BCUT2D eigenvalue weighted by molar-refractivity contribution is 6.09. The first-order chi connectivity index (χ1) is 12.7. The van der Waals surface area contributed by atoms with Crippen LogP contribution in [0.4, 0.5) is 10.5 Å². The van der Waals surface area contributed by atoms with Crippen LogP contribution in [0.25, 0.3) is 0 Å². The third-order valence-corrected chi connectivity index (χ3v) is 4.03. The lowest BCUT2D eigenvalue weighted by atomic mass is 9.95. The fourth-order valence-corrected chi connectivity index (χ4v) is 2.85. The number of rotatable bonds is 1. The Labute approximate surface area is 158 Å². The highest BCUT2D eigenvalue weighted by Crippen LogP contribution is 2.42. The molecule has 1 atom stereocenters. The molecule has 0 aliphatic carbocycles. The van der Waals surface area contributed by atoms with Gasteiger partial charge in [0.1, 0.15) is 5.60 Å². The largest absolute Gasteiger partial charge is 0.511 e. The van der Waals surface area contributed by atoms with Gasteiger partial charge in [0.05, 0.1) is 5.69 Å². The predicted molar refractivity (Wildman–Crippen MR) is 102 cm³/mol. The van der Waals surface area contributed by atoms with Crippen LogP contribution in [0, 0.1) is 11.8 Å². The van der Waals surface area contributed by atoms with Gasteiger partial charge in [-0.05, 0) is 44.9 Å². The van der Waals surface area contributed by atoms with E-state index in [1.807, 2.05) is 36.4 Å². The van der Waals surface area contributed by atoms with Gasteiger partial charge in [-0.2, -0.15) is 0 Å². The van der Waals surface area contributed by atoms with Gasteiger partial charge < -0.3 is 14.4 Å². The van der Waals surface area contributed by atoms with Crippen LogP contribution in [0.3, 0.4) is 0 Å². The van der Waals surface area contributed by atoms with Gasteiger partial charge in [0.15, 0.2) is 0 Å². The van der Waals surface area contributed by atoms with Gasteiger partial charge in [0.2, 0.25) is 0 Å². The minimum absolute atomic E-state index is 0.432. The Kier molecular flexibility index (Phi) is 4.67.